The lowest BCUT2D eigenvalue weighted by atomic mass is 9.82. The average molecular weight is 807 g/mol. The molecule has 2 aromatic carbocycles. The number of likely N-dealkylation sites (tertiary alicyclic amines) is 1. The Labute approximate surface area is 342 Å². The van der Waals surface area contributed by atoms with E-state index in [-0.39, 0.29) is 59.1 Å². The van der Waals surface area contributed by atoms with Gasteiger partial charge in [0.2, 0.25) is 23.7 Å². The SMILES string of the molecule is O=C1CCC(Nc2ccc(C3CCN(C4CCC(CNC(=O)[C@H]5CCC[C@@H](Nc6ncc(F)c(-c7cccc(-n8ccccc8=O)c7)n6)C5)CC4)CC3)c(F)c2)C(=O)N1. The summed E-state index contributed by atoms with van der Waals surface area (Å²) in [5.41, 5.74) is 2.35. The number of aromatic nitrogens is 3. The number of halogens is 2. The second kappa shape index (κ2) is 18.2. The summed E-state index contributed by atoms with van der Waals surface area (Å²) in [6.07, 6.45) is 12.8. The molecular weight excluding hydrogens is 755 g/mol. The molecule has 0 bridgehead atoms. The molecule has 4 aliphatic rings. The van der Waals surface area contributed by atoms with Crippen LogP contribution in [0.4, 0.5) is 20.4 Å². The Bertz CT molecular complexity index is 2220. The molecule has 0 spiro atoms. The zero-order valence-corrected chi connectivity index (χ0v) is 33.2. The summed E-state index contributed by atoms with van der Waals surface area (Å²) in [5, 5.41) is 12.0. The van der Waals surface area contributed by atoms with Crippen LogP contribution in [-0.4, -0.2) is 74.9 Å². The van der Waals surface area contributed by atoms with Gasteiger partial charge in [-0.1, -0.05) is 30.7 Å². The van der Waals surface area contributed by atoms with E-state index in [1.165, 1.54) is 16.7 Å². The van der Waals surface area contributed by atoms with Gasteiger partial charge in [0.25, 0.3) is 5.56 Å². The van der Waals surface area contributed by atoms with Crippen molar-refractivity contribution < 1.29 is 23.2 Å². The lowest BCUT2D eigenvalue weighted by Gasteiger charge is -2.41. The quantitative estimate of drug-likeness (QED) is 0.128. The van der Waals surface area contributed by atoms with Gasteiger partial charge in [0.15, 0.2) is 5.82 Å². The van der Waals surface area contributed by atoms with Gasteiger partial charge < -0.3 is 20.9 Å². The van der Waals surface area contributed by atoms with Gasteiger partial charge in [0.05, 0.1) is 6.20 Å². The molecule has 4 heterocycles. The maximum absolute atomic E-state index is 15.3. The van der Waals surface area contributed by atoms with Crippen molar-refractivity contribution in [3.8, 4) is 16.9 Å². The lowest BCUT2D eigenvalue weighted by Crippen LogP contribution is -2.47. The number of rotatable bonds is 11. The van der Waals surface area contributed by atoms with Crippen LogP contribution in [0.25, 0.3) is 16.9 Å². The smallest absolute Gasteiger partial charge is 0.255 e. The number of amides is 3. The van der Waals surface area contributed by atoms with Crippen LogP contribution in [0.1, 0.15) is 88.5 Å². The Morgan fingerprint density at radius 2 is 1.68 bits per heavy atom. The van der Waals surface area contributed by atoms with E-state index < -0.39 is 11.9 Å². The first-order chi connectivity index (χ1) is 28.7. The second-order valence-electron chi connectivity index (χ2n) is 16.7. The van der Waals surface area contributed by atoms with Gasteiger partial charge in [0.1, 0.15) is 17.6 Å². The fraction of sp³-hybridized carbons (Fsp3) is 0.467. The summed E-state index contributed by atoms with van der Waals surface area (Å²) in [4.78, 5) is 60.6. The normalized spacial score (nSPS) is 24.3. The highest BCUT2D eigenvalue weighted by molar-refractivity contribution is 6.01. The number of nitrogens with one attached hydrogen (secondary N) is 4. The number of hydrogen-bond donors (Lipinski definition) is 4. The van der Waals surface area contributed by atoms with Crippen molar-refractivity contribution in [1.82, 2.24) is 30.1 Å². The van der Waals surface area contributed by atoms with Crippen molar-refractivity contribution in [3.63, 3.8) is 0 Å². The maximum Gasteiger partial charge on any atom is 0.255 e. The number of imide groups is 1. The molecule has 1 unspecified atom stereocenters. The minimum Gasteiger partial charge on any atom is -0.374 e. The largest absolute Gasteiger partial charge is 0.374 e. The van der Waals surface area contributed by atoms with E-state index in [1.807, 2.05) is 12.1 Å². The standard InChI is InChI=1S/C45H52F2N8O4/c46-37-25-33(50-39-16-17-40(56)52-44(39)59)12-15-36(37)29-18-21-54(22-19-29)34-13-10-28(11-14-34)26-48-43(58)31-6-3-7-32(23-31)51-45-49-27-38(47)42(53-45)30-5-4-8-35(24-30)55-20-2-1-9-41(55)57/h1-2,4-5,8-9,12,15,20,24-25,27-29,31-32,34,39,50H,3,6-7,10-11,13-14,16-19,21-23,26H2,(H,48,58)(H,49,51,53)(H,52,56,59)/t28?,31-,32+,34?,39?/m0/s1. The van der Waals surface area contributed by atoms with Crippen molar-refractivity contribution in [1.29, 1.82) is 0 Å². The Morgan fingerprint density at radius 3 is 2.46 bits per heavy atom. The molecule has 2 aliphatic heterocycles. The van der Waals surface area contributed by atoms with Crippen molar-refractivity contribution in [3.05, 3.63) is 101 Å². The number of hydrogen-bond acceptors (Lipinski definition) is 9. The fourth-order valence-corrected chi connectivity index (χ4v) is 9.48. The van der Waals surface area contributed by atoms with Crippen LogP contribution in [0.2, 0.25) is 0 Å². The topological polar surface area (TPSA) is 150 Å². The van der Waals surface area contributed by atoms with Crippen LogP contribution < -0.4 is 26.8 Å². The van der Waals surface area contributed by atoms with Gasteiger partial charge in [-0.15, -0.1) is 0 Å². The predicted octanol–water partition coefficient (Wildman–Crippen LogP) is 6.32. The van der Waals surface area contributed by atoms with Gasteiger partial charge >= 0.3 is 0 Å². The highest BCUT2D eigenvalue weighted by Crippen LogP contribution is 2.36. The van der Waals surface area contributed by atoms with E-state index in [4.69, 9.17) is 0 Å². The molecule has 2 aromatic heterocycles. The van der Waals surface area contributed by atoms with Crippen LogP contribution >= 0.6 is 0 Å². The molecule has 4 fully saturated rings. The monoisotopic (exact) mass is 806 g/mol. The minimum absolute atomic E-state index is 0.0236. The molecule has 2 saturated heterocycles. The van der Waals surface area contributed by atoms with E-state index in [2.05, 4.69) is 36.1 Å². The molecule has 14 heteroatoms. The van der Waals surface area contributed by atoms with Crippen LogP contribution in [0.3, 0.4) is 0 Å². The molecule has 4 aromatic rings. The average Bonchev–Trinajstić information content (AvgIpc) is 3.25. The first-order valence-corrected chi connectivity index (χ1v) is 21.2. The molecular formula is C45H52F2N8O4. The van der Waals surface area contributed by atoms with Crippen molar-refractivity contribution >= 4 is 29.4 Å². The molecule has 0 radical (unpaired) electrons. The van der Waals surface area contributed by atoms with Crippen molar-refractivity contribution in [2.45, 2.75) is 101 Å². The lowest BCUT2D eigenvalue weighted by molar-refractivity contribution is -0.133. The number of carbonyl (C=O) groups is 3. The number of anilines is 2. The Balaban J connectivity index is 0.768. The van der Waals surface area contributed by atoms with Crippen LogP contribution in [-0.2, 0) is 14.4 Å². The summed E-state index contributed by atoms with van der Waals surface area (Å²) in [6, 6.07) is 17.0. The van der Waals surface area contributed by atoms with Gasteiger partial charge in [-0.05, 0) is 125 Å². The first kappa shape index (κ1) is 40.3. The van der Waals surface area contributed by atoms with Crippen LogP contribution in [0.5, 0.6) is 0 Å². The molecule has 2 saturated carbocycles. The van der Waals surface area contributed by atoms with Gasteiger partial charge in [-0.2, -0.15) is 0 Å². The molecule has 3 atom stereocenters. The van der Waals surface area contributed by atoms with E-state index in [9.17, 15) is 19.2 Å². The summed E-state index contributed by atoms with van der Waals surface area (Å²) in [5.74, 6) is -0.623. The Hall–Kier alpha value is -5.50. The maximum atomic E-state index is 15.3. The number of nitrogens with zero attached hydrogens (tertiary/aromatic N) is 4. The Morgan fingerprint density at radius 1 is 0.847 bits per heavy atom. The number of piperidine rings is 2. The number of benzene rings is 2. The molecule has 310 valence electrons. The zero-order valence-electron chi connectivity index (χ0n) is 33.2. The van der Waals surface area contributed by atoms with Crippen LogP contribution in [0, 0.1) is 23.5 Å². The molecule has 12 nitrogen and oxygen atoms in total. The second-order valence-corrected chi connectivity index (χ2v) is 16.7. The highest BCUT2D eigenvalue weighted by atomic mass is 19.1. The highest BCUT2D eigenvalue weighted by Gasteiger charge is 2.33. The molecule has 8 rings (SSSR count). The van der Waals surface area contributed by atoms with E-state index >= 15 is 8.78 Å². The van der Waals surface area contributed by atoms with E-state index in [0.29, 0.717) is 54.2 Å². The summed E-state index contributed by atoms with van der Waals surface area (Å²) < 4.78 is 31.8. The van der Waals surface area contributed by atoms with Gasteiger partial charge in [-0.3, -0.25) is 29.1 Å². The van der Waals surface area contributed by atoms with Crippen molar-refractivity contribution in [2.24, 2.45) is 11.8 Å². The van der Waals surface area contributed by atoms with E-state index in [0.717, 1.165) is 82.6 Å². The molecule has 59 heavy (non-hydrogen) atoms. The predicted molar refractivity (Wildman–Crippen MR) is 221 cm³/mol. The van der Waals surface area contributed by atoms with Gasteiger partial charge in [-0.25, -0.2) is 18.7 Å². The van der Waals surface area contributed by atoms with Gasteiger partial charge in [0, 0.05) is 60.2 Å². The van der Waals surface area contributed by atoms with E-state index in [1.54, 1.807) is 42.6 Å². The van der Waals surface area contributed by atoms with Crippen molar-refractivity contribution in [2.75, 3.05) is 30.3 Å². The minimum atomic E-state index is -0.563. The number of pyridine rings is 1. The third kappa shape index (κ3) is 9.70. The fourth-order valence-electron chi connectivity index (χ4n) is 9.48. The third-order valence-electron chi connectivity index (χ3n) is 12.8. The zero-order chi connectivity index (χ0) is 40.9. The molecule has 4 N–H and O–H groups in total. The summed E-state index contributed by atoms with van der Waals surface area (Å²) in [7, 11) is 0. The van der Waals surface area contributed by atoms with Crippen LogP contribution in [0.15, 0.2) is 77.9 Å². The molecule has 2 aliphatic carbocycles. The molecule has 3 amide bonds. The Kier molecular flexibility index (Phi) is 12.4. The summed E-state index contributed by atoms with van der Waals surface area (Å²) in [6.45, 7) is 2.53. The third-order valence-corrected chi connectivity index (χ3v) is 12.8. The summed E-state index contributed by atoms with van der Waals surface area (Å²) >= 11 is 0. The first-order valence-electron chi connectivity index (χ1n) is 21.2. The number of carbonyl (C=O) groups excluding carboxylic acids is 3.